The molecule has 0 atom stereocenters. The predicted octanol–water partition coefficient (Wildman–Crippen LogP) is 1.84. The summed E-state index contributed by atoms with van der Waals surface area (Å²) >= 11 is 0. The second-order valence-electron chi connectivity index (χ2n) is 5.36. The number of nitrogens with zero attached hydrogens (tertiary/aromatic N) is 1. The molecule has 1 aromatic rings. The van der Waals surface area contributed by atoms with Gasteiger partial charge in [0.25, 0.3) is 0 Å². The van der Waals surface area contributed by atoms with Crippen molar-refractivity contribution in [1.82, 2.24) is 10.2 Å². The standard InChI is InChI=1S/C17H22N2O3/c1-13(20)19-11-9-15(10-12-19)18-17(21)8-7-14-5-3-4-6-16(14)22-2/h3-8,15H,9-12H2,1-2H3,(H,18,21). The van der Waals surface area contributed by atoms with E-state index in [0.29, 0.717) is 13.1 Å². The Morgan fingerprint density at radius 1 is 1.27 bits per heavy atom. The number of hydrogen-bond acceptors (Lipinski definition) is 3. The first-order valence-corrected chi connectivity index (χ1v) is 7.47. The largest absolute Gasteiger partial charge is 0.496 e. The maximum absolute atomic E-state index is 12.0. The molecule has 22 heavy (non-hydrogen) atoms. The van der Waals surface area contributed by atoms with E-state index in [2.05, 4.69) is 5.32 Å². The van der Waals surface area contributed by atoms with Gasteiger partial charge in [-0.2, -0.15) is 0 Å². The number of benzene rings is 1. The lowest BCUT2D eigenvalue weighted by atomic mass is 10.0. The number of ether oxygens (including phenoxy) is 1. The van der Waals surface area contributed by atoms with E-state index in [1.807, 2.05) is 29.2 Å². The van der Waals surface area contributed by atoms with E-state index in [9.17, 15) is 9.59 Å². The minimum atomic E-state index is -0.118. The first-order valence-electron chi connectivity index (χ1n) is 7.47. The second kappa shape index (κ2) is 7.64. The predicted molar refractivity (Wildman–Crippen MR) is 85.4 cm³/mol. The molecule has 1 heterocycles. The van der Waals surface area contributed by atoms with E-state index in [0.717, 1.165) is 24.2 Å². The van der Waals surface area contributed by atoms with E-state index in [4.69, 9.17) is 4.74 Å². The molecule has 0 saturated carbocycles. The van der Waals surface area contributed by atoms with Gasteiger partial charge in [0.05, 0.1) is 7.11 Å². The van der Waals surface area contributed by atoms with Gasteiger partial charge in [0.15, 0.2) is 0 Å². The Kier molecular flexibility index (Phi) is 5.58. The van der Waals surface area contributed by atoms with Crippen molar-refractivity contribution in [1.29, 1.82) is 0 Å². The summed E-state index contributed by atoms with van der Waals surface area (Å²) in [5, 5.41) is 2.98. The third kappa shape index (κ3) is 4.35. The van der Waals surface area contributed by atoms with Crippen LogP contribution in [0.4, 0.5) is 0 Å². The number of amides is 2. The van der Waals surface area contributed by atoms with Crippen molar-refractivity contribution in [3.05, 3.63) is 35.9 Å². The maximum atomic E-state index is 12.0. The monoisotopic (exact) mass is 302 g/mol. The van der Waals surface area contributed by atoms with Crippen LogP contribution in [-0.4, -0.2) is 43.0 Å². The molecule has 5 nitrogen and oxygen atoms in total. The number of carbonyl (C=O) groups excluding carboxylic acids is 2. The molecular weight excluding hydrogens is 280 g/mol. The molecule has 0 spiro atoms. The van der Waals surface area contributed by atoms with Gasteiger partial charge in [-0.25, -0.2) is 0 Å². The third-order valence-corrected chi connectivity index (χ3v) is 3.84. The second-order valence-corrected chi connectivity index (χ2v) is 5.36. The van der Waals surface area contributed by atoms with Gasteiger partial charge in [-0.1, -0.05) is 18.2 Å². The lowest BCUT2D eigenvalue weighted by Gasteiger charge is -2.31. The molecular formula is C17H22N2O3. The summed E-state index contributed by atoms with van der Waals surface area (Å²) in [6.07, 6.45) is 4.87. The van der Waals surface area contributed by atoms with Crippen LogP contribution in [0, 0.1) is 0 Å². The number of hydrogen-bond donors (Lipinski definition) is 1. The van der Waals surface area contributed by atoms with Gasteiger partial charge in [0, 0.05) is 37.7 Å². The number of likely N-dealkylation sites (tertiary alicyclic amines) is 1. The van der Waals surface area contributed by atoms with Crippen LogP contribution in [0.2, 0.25) is 0 Å². The molecule has 1 aromatic carbocycles. The minimum Gasteiger partial charge on any atom is -0.496 e. The number of methoxy groups -OCH3 is 1. The lowest BCUT2D eigenvalue weighted by molar-refractivity contribution is -0.129. The molecule has 1 aliphatic heterocycles. The molecule has 118 valence electrons. The number of piperidine rings is 1. The summed E-state index contributed by atoms with van der Waals surface area (Å²) in [7, 11) is 1.61. The summed E-state index contributed by atoms with van der Waals surface area (Å²) in [5.74, 6) is 0.717. The molecule has 0 aromatic heterocycles. The molecule has 0 radical (unpaired) electrons. The molecule has 5 heteroatoms. The normalized spacial score (nSPS) is 15.8. The Labute approximate surface area is 130 Å². The molecule has 0 unspecified atom stereocenters. The minimum absolute atomic E-state index is 0.0980. The van der Waals surface area contributed by atoms with E-state index >= 15 is 0 Å². The number of rotatable bonds is 4. The average molecular weight is 302 g/mol. The summed E-state index contributed by atoms with van der Waals surface area (Å²) in [6, 6.07) is 7.67. The van der Waals surface area contributed by atoms with E-state index < -0.39 is 0 Å². The molecule has 1 saturated heterocycles. The molecule has 2 amide bonds. The first-order chi connectivity index (χ1) is 10.6. The number of nitrogens with one attached hydrogen (secondary N) is 1. The van der Waals surface area contributed by atoms with Gasteiger partial charge in [-0.15, -0.1) is 0 Å². The zero-order valence-corrected chi connectivity index (χ0v) is 13.0. The highest BCUT2D eigenvalue weighted by Crippen LogP contribution is 2.18. The summed E-state index contributed by atoms with van der Waals surface area (Å²) in [6.45, 7) is 2.99. The molecule has 1 aliphatic rings. The van der Waals surface area contributed by atoms with E-state index in [1.165, 1.54) is 6.08 Å². The number of para-hydroxylation sites is 1. The van der Waals surface area contributed by atoms with Crippen molar-refractivity contribution in [2.45, 2.75) is 25.8 Å². The van der Waals surface area contributed by atoms with E-state index in [-0.39, 0.29) is 17.9 Å². The van der Waals surface area contributed by atoms with Crippen LogP contribution in [0.5, 0.6) is 5.75 Å². The Hall–Kier alpha value is -2.30. The number of carbonyl (C=O) groups is 2. The van der Waals surface area contributed by atoms with E-state index in [1.54, 1.807) is 20.1 Å². The Morgan fingerprint density at radius 3 is 2.59 bits per heavy atom. The van der Waals surface area contributed by atoms with Gasteiger partial charge in [0.1, 0.15) is 5.75 Å². The van der Waals surface area contributed by atoms with Crippen molar-refractivity contribution < 1.29 is 14.3 Å². The van der Waals surface area contributed by atoms with Crippen LogP contribution in [-0.2, 0) is 9.59 Å². The van der Waals surface area contributed by atoms with Crippen molar-refractivity contribution in [2.24, 2.45) is 0 Å². The van der Waals surface area contributed by atoms with Crippen LogP contribution >= 0.6 is 0 Å². The summed E-state index contributed by atoms with van der Waals surface area (Å²) in [5.41, 5.74) is 0.867. The fourth-order valence-corrected chi connectivity index (χ4v) is 2.56. The molecule has 0 aliphatic carbocycles. The van der Waals surface area contributed by atoms with Crippen LogP contribution in [0.25, 0.3) is 6.08 Å². The lowest BCUT2D eigenvalue weighted by Crippen LogP contribution is -2.45. The van der Waals surface area contributed by atoms with Gasteiger partial charge in [-0.3, -0.25) is 9.59 Å². The zero-order valence-electron chi connectivity index (χ0n) is 13.0. The third-order valence-electron chi connectivity index (χ3n) is 3.84. The van der Waals surface area contributed by atoms with Crippen LogP contribution in [0.3, 0.4) is 0 Å². The smallest absolute Gasteiger partial charge is 0.244 e. The van der Waals surface area contributed by atoms with Gasteiger partial charge < -0.3 is 15.0 Å². The maximum Gasteiger partial charge on any atom is 0.244 e. The fraction of sp³-hybridized carbons (Fsp3) is 0.412. The highest BCUT2D eigenvalue weighted by atomic mass is 16.5. The van der Waals surface area contributed by atoms with Crippen molar-refractivity contribution >= 4 is 17.9 Å². The highest BCUT2D eigenvalue weighted by Gasteiger charge is 2.21. The van der Waals surface area contributed by atoms with Gasteiger partial charge in [0.2, 0.25) is 11.8 Å². The zero-order chi connectivity index (χ0) is 15.9. The van der Waals surface area contributed by atoms with Crippen molar-refractivity contribution in [3.63, 3.8) is 0 Å². The van der Waals surface area contributed by atoms with Crippen LogP contribution < -0.4 is 10.1 Å². The summed E-state index contributed by atoms with van der Waals surface area (Å²) in [4.78, 5) is 25.1. The highest BCUT2D eigenvalue weighted by molar-refractivity contribution is 5.92. The quantitative estimate of drug-likeness (QED) is 0.863. The topological polar surface area (TPSA) is 58.6 Å². The van der Waals surface area contributed by atoms with Crippen LogP contribution in [0.15, 0.2) is 30.3 Å². The van der Waals surface area contributed by atoms with Crippen LogP contribution in [0.1, 0.15) is 25.3 Å². The molecule has 0 bridgehead atoms. The van der Waals surface area contributed by atoms with Gasteiger partial charge >= 0.3 is 0 Å². The first kappa shape index (κ1) is 16.1. The fourth-order valence-electron chi connectivity index (χ4n) is 2.56. The Morgan fingerprint density at radius 2 is 1.95 bits per heavy atom. The van der Waals surface area contributed by atoms with Gasteiger partial charge in [-0.05, 0) is 25.0 Å². The molecule has 2 rings (SSSR count). The van der Waals surface area contributed by atoms with Crippen molar-refractivity contribution in [2.75, 3.05) is 20.2 Å². The molecule has 1 fully saturated rings. The molecule has 1 N–H and O–H groups in total. The average Bonchev–Trinajstić information content (AvgIpc) is 2.53. The van der Waals surface area contributed by atoms with Crippen molar-refractivity contribution in [3.8, 4) is 5.75 Å². The Bertz CT molecular complexity index is 561. The summed E-state index contributed by atoms with van der Waals surface area (Å²) < 4.78 is 5.24. The SMILES string of the molecule is COc1ccccc1C=CC(=O)NC1CCN(C(C)=O)CC1. The Balaban J connectivity index is 1.86.